The van der Waals surface area contributed by atoms with Gasteiger partial charge in [-0.05, 0) is 70.1 Å². The molecule has 14 heteroatoms. The molecule has 0 bridgehead atoms. The lowest BCUT2D eigenvalue weighted by atomic mass is 10.0. The van der Waals surface area contributed by atoms with E-state index >= 15 is 0 Å². The molecule has 44 heavy (non-hydrogen) atoms. The van der Waals surface area contributed by atoms with Crippen LogP contribution in [-0.4, -0.2) is 85.6 Å². The van der Waals surface area contributed by atoms with Gasteiger partial charge in [-0.1, -0.05) is 6.07 Å². The van der Waals surface area contributed by atoms with Crippen molar-refractivity contribution in [2.45, 2.75) is 49.8 Å². The van der Waals surface area contributed by atoms with Gasteiger partial charge in [0.25, 0.3) is 11.8 Å². The van der Waals surface area contributed by atoms with Gasteiger partial charge in [0.1, 0.15) is 11.9 Å². The molecule has 1 aromatic heterocycles. The first-order valence-corrected chi connectivity index (χ1v) is 16.1. The third kappa shape index (κ3) is 5.58. The summed E-state index contributed by atoms with van der Waals surface area (Å²) < 4.78 is 47.8. The van der Waals surface area contributed by atoms with Gasteiger partial charge in [-0.25, -0.2) is 12.8 Å². The molecule has 0 spiro atoms. The fourth-order valence-electron chi connectivity index (χ4n) is 6.00. The van der Waals surface area contributed by atoms with Crippen LogP contribution in [0.2, 0.25) is 0 Å². The monoisotopic (exact) mass is 625 g/mol. The number of halogens is 1. The normalized spacial score (nSPS) is 20.5. The van der Waals surface area contributed by atoms with Crippen LogP contribution in [0.15, 0.2) is 47.4 Å². The van der Waals surface area contributed by atoms with Crippen LogP contribution in [0.5, 0.6) is 0 Å². The number of sulfonamides is 1. The molecule has 1 unspecified atom stereocenters. The Morgan fingerprint density at radius 1 is 1.09 bits per heavy atom. The molecule has 2 fully saturated rings. The lowest BCUT2D eigenvalue weighted by Gasteiger charge is -2.34. The summed E-state index contributed by atoms with van der Waals surface area (Å²) in [6.07, 6.45) is 0.816. The summed E-state index contributed by atoms with van der Waals surface area (Å²) in [5, 5.41) is 12.9. The van der Waals surface area contributed by atoms with Gasteiger partial charge in [0.15, 0.2) is 5.82 Å². The number of hydrogen-bond acceptors (Lipinski definition) is 8. The highest BCUT2D eigenvalue weighted by Crippen LogP contribution is 2.44. The summed E-state index contributed by atoms with van der Waals surface area (Å²) >= 11 is 0. The fraction of sp³-hybridized carbons (Fsp3) is 0.433. The SMILES string of the molecule is CN1CCN(c2ccc(C(=O)Nc3n[nH]c4c3CN(S(=O)(=O)c3cccc(F)c3)C4(C)C)c(NC(=O)C3CCCO3)c2)CC1. The lowest BCUT2D eigenvalue weighted by molar-refractivity contribution is -0.124. The number of aromatic amines is 1. The van der Waals surface area contributed by atoms with Gasteiger partial charge in [0.05, 0.1) is 27.4 Å². The number of nitrogens with one attached hydrogen (secondary N) is 3. The number of hydrogen-bond donors (Lipinski definition) is 3. The van der Waals surface area contributed by atoms with Crippen molar-refractivity contribution in [2.75, 3.05) is 55.4 Å². The van der Waals surface area contributed by atoms with Crippen LogP contribution in [0.25, 0.3) is 0 Å². The molecule has 12 nitrogen and oxygen atoms in total. The van der Waals surface area contributed by atoms with E-state index in [1.807, 2.05) is 6.07 Å². The van der Waals surface area contributed by atoms with Crippen LogP contribution in [0.3, 0.4) is 0 Å². The van der Waals surface area contributed by atoms with E-state index in [2.05, 4.69) is 37.7 Å². The van der Waals surface area contributed by atoms with Gasteiger partial charge < -0.3 is 25.2 Å². The number of aromatic nitrogens is 2. The van der Waals surface area contributed by atoms with E-state index in [-0.39, 0.29) is 28.7 Å². The molecule has 4 heterocycles. The summed E-state index contributed by atoms with van der Waals surface area (Å²) in [5.41, 5.74) is 1.43. The van der Waals surface area contributed by atoms with Gasteiger partial charge in [-0.3, -0.25) is 14.7 Å². The first-order valence-electron chi connectivity index (χ1n) is 14.6. The van der Waals surface area contributed by atoms with E-state index in [1.165, 1.54) is 22.5 Å². The number of nitrogens with zero attached hydrogens (tertiary/aromatic N) is 4. The topological polar surface area (TPSA) is 140 Å². The number of anilines is 3. The average Bonchev–Trinajstić information content (AvgIpc) is 3.72. The Morgan fingerprint density at radius 3 is 2.57 bits per heavy atom. The molecule has 2 saturated heterocycles. The van der Waals surface area contributed by atoms with Crippen molar-refractivity contribution in [3.05, 3.63) is 65.1 Å². The molecule has 0 radical (unpaired) electrons. The van der Waals surface area contributed by atoms with Gasteiger partial charge in [-0.15, -0.1) is 0 Å². The van der Waals surface area contributed by atoms with Gasteiger partial charge in [0, 0.05) is 50.6 Å². The number of carbonyl (C=O) groups is 2. The maximum absolute atomic E-state index is 13.9. The number of amides is 2. The Hall–Kier alpha value is -3.85. The van der Waals surface area contributed by atoms with Crippen molar-refractivity contribution in [1.29, 1.82) is 0 Å². The zero-order valence-electron chi connectivity index (χ0n) is 24.9. The maximum Gasteiger partial charge on any atom is 0.258 e. The highest BCUT2D eigenvalue weighted by molar-refractivity contribution is 7.89. The molecule has 2 aromatic carbocycles. The second-order valence-corrected chi connectivity index (χ2v) is 13.8. The highest BCUT2D eigenvalue weighted by atomic mass is 32.2. The summed E-state index contributed by atoms with van der Waals surface area (Å²) in [7, 11) is -2.01. The predicted molar refractivity (Wildman–Crippen MR) is 162 cm³/mol. The molecular weight excluding hydrogens is 589 g/mol. The van der Waals surface area contributed by atoms with Gasteiger partial charge in [-0.2, -0.15) is 9.40 Å². The Kier molecular flexibility index (Phi) is 7.94. The molecule has 3 aliphatic rings. The Morgan fingerprint density at radius 2 is 1.86 bits per heavy atom. The molecule has 3 aromatic rings. The Bertz CT molecular complexity index is 1700. The third-order valence-electron chi connectivity index (χ3n) is 8.62. The minimum atomic E-state index is -4.09. The molecule has 0 aliphatic carbocycles. The average molecular weight is 626 g/mol. The molecule has 3 N–H and O–H groups in total. The lowest BCUT2D eigenvalue weighted by Crippen LogP contribution is -2.44. The van der Waals surface area contributed by atoms with E-state index in [9.17, 15) is 22.4 Å². The minimum absolute atomic E-state index is 0.0851. The number of carbonyl (C=O) groups excluding carboxylic acids is 2. The van der Waals surface area contributed by atoms with Crippen LogP contribution in [0.4, 0.5) is 21.6 Å². The van der Waals surface area contributed by atoms with E-state index < -0.39 is 33.4 Å². The molecule has 6 rings (SSSR count). The van der Waals surface area contributed by atoms with E-state index in [0.29, 0.717) is 30.0 Å². The summed E-state index contributed by atoms with van der Waals surface area (Å²) in [4.78, 5) is 31.0. The summed E-state index contributed by atoms with van der Waals surface area (Å²) in [5.74, 6) is -1.31. The highest BCUT2D eigenvalue weighted by Gasteiger charge is 2.48. The summed E-state index contributed by atoms with van der Waals surface area (Å²) in [6, 6.07) is 10.2. The number of fused-ring (bicyclic) bond motifs is 1. The molecule has 3 aliphatic heterocycles. The van der Waals surface area contributed by atoms with Crippen LogP contribution >= 0.6 is 0 Å². The van der Waals surface area contributed by atoms with Crippen LogP contribution in [0.1, 0.15) is 48.3 Å². The first kappa shape index (κ1) is 30.2. The Labute approximate surface area is 255 Å². The van der Waals surface area contributed by atoms with Crippen LogP contribution < -0.4 is 15.5 Å². The van der Waals surface area contributed by atoms with Crippen molar-refractivity contribution in [3.63, 3.8) is 0 Å². The number of piperazine rings is 1. The first-order chi connectivity index (χ1) is 20.9. The van der Waals surface area contributed by atoms with E-state index in [4.69, 9.17) is 4.74 Å². The smallest absolute Gasteiger partial charge is 0.258 e. The number of benzene rings is 2. The van der Waals surface area contributed by atoms with E-state index in [0.717, 1.165) is 44.4 Å². The van der Waals surface area contributed by atoms with Crippen molar-refractivity contribution in [2.24, 2.45) is 0 Å². The van der Waals surface area contributed by atoms with Crippen molar-refractivity contribution >= 4 is 39.0 Å². The molecular formula is C30H36FN7O5S. The quantitative estimate of drug-likeness (QED) is 0.364. The maximum atomic E-state index is 13.9. The third-order valence-corrected chi connectivity index (χ3v) is 10.6. The Balaban J connectivity index is 1.27. The minimum Gasteiger partial charge on any atom is -0.369 e. The molecule has 234 valence electrons. The standard InChI is InChI=1S/C30H36FN7O5S/c1-30(2)26-23(18-38(30)44(41,42)21-7-4-6-19(31)16-21)27(35-34-26)33-28(39)22-10-9-20(37-13-11-36(3)12-14-37)17-24(22)32-29(40)25-8-5-15-43-25/h4,6-7,9-10,16-17,25H,5,8,11-15,18H2,1-3H3,(H,32,40)(H2,33,34,35,39). The number of rotatable bonds is 7. The predicted octanol–water partition coefficient (Wildman–Crippen LogP) is 3.11. The number of likely N-dealkylation sites (N-methyl/N-ethyl adjacent to an activating group) is 1. The van der Waals surface area contributed by atoms with Crippen molar-refractivity contribution < 1.29 is 27.1 Å². The van der Waals surface area contributed by atoms with Gasteiger partial charge >= 0.3 is 0 Å². The second kappa shape index (κ2) is 11.6. The molecule has 1 atom stereocenters. The van der Waals surface area contributed by atoms with Crippen molar-refractivity contribution in [1.82, 2.24) is 19.4 Å². The van der Waals surface area contributed by atoms with Crippen LogP contribution in [-0.2, 0) is 31.6 Å². The van der Waals surface area contributed by atoms with E-state index in [1.54, 1.807) is 26.0 Å². The zero-order chi connectivity index (χ0) is 31.2. The number of H-pyrrole nitrogens is 1. The fourth-order valence-corrected chi connectivity index (χ4v) is 7.76. The summed E-state index contributed by atoms with van der Waals surface area (Å²) in [6.45, 7) is 7.28. The van der Waals surface area contributed by atoms with Gasteiger partial charge in [0.2, 0.25) is 10.0 Å². The number of ether oxygens (including phenoxy) is 1. The van der Waals surface area contributed by atoms with Crippen molar-refractivity contribution in [3.8, 4) is 0 Å². The molecule has 0 saturated carbocycles. The second-order valence-electron chi connectivity index (χ2n) is 11.9. The molecule has 2 amide bonds. The van der Waals surface area contributed by atoms with Crippen LogP contribution in [0, 0.1) is 5.82 Å². The largest absolute Gasteiger partial charge is 0.369 e. The zero-order valence-corrected chi connectivity index (χ0v) is 25.7.